The third-order valence-corrected chi connectivity index (χ3v) is 0.937. The van der Waals surface area contributed by atoms with Gasteiger partial charge in [-0.25, -0.2) is 0 Å². The summed E-state index contributed by atoms with van der Waals surface area (Å²) in [5, 5.41) is 0. The molecule has 0 saturated heterocycles. The number of hydrogen-bond donors (Lipinski definition) is 0. The van der Waals surface area contributed by atoms with Gasteiger partial charge in [0, 0.05) is 6.61 Å². The maximum absolute atomic E-state index is 5.21. The van der Waals surface area contributed by atoms with E-state index in [1.165, 1.54) is 0 Å². The third kappa shape index (κ3) is 7.92. The molecule has 0 aliphatic heterocycles. The minimum Gasteiger partial charge on any atom is -0.376 e. The van der Waals surface area contributed by atoms with Gasteiger partial charge in [0.25, 0.3) is 0 Å². The van der Waals surface area contributed by atoms with Gasteiger partial charge < -0.3 is 9.47 Å². The van der Waals surface area contributed by atoms with E-state index in [2.05, 4.69) is 6.92 Å². The van der Waals surface area contributed by atoms with Crippen molar-refractivity contribution in [3.05, 3.63) is 6.61 Å². The van der Waals surface area contributed by atoms with Crippen LogP contribution in [0.15, 0.2) is 0 Å². The van der Waals surface area contributed by atoms with Gasteiger partial charge >= 0.3 is 0 Å². The second kappa shape index (κ2) is 7.03. The van der Waals surface area contributed by atoms with Gasteiger partial charge in [0.1, 0.15) is 6.61 Å². The van der Waals surface area contributed by atoms with Gasteiger partial charge in [0.15, 0.2) is 0 Å². The Morgan fingerprint density at radius 2 is 2.10 bits per heavy atom. The Kier molecular flexibility index (Phi) is 6.98. The predicted molar refractivity (Wildman–Crippen MR) is 41.6 cm³/mol. The fourth-order valence-corrected chi connectivity index (χ4v) is 0.481. The van der Waals surface area contributed by atoms with Crippen LogP contribution in [0, 0.1) is 6.61 Å². The molecule has 0 heterocycles. The molecule has 0 amide bonds. The molecule has 0 spiro atoms. The predicted octanol–water partition coefficient (Wildman–Crippen LogP) is 2.00. The van der Waals surface area contributed by atoms with Crippen LogP contribution in [-0.4, -0.2) is 19.3 Å². The third-order valence-electron chi connectivity index (χ3n) is 0.937. The molecule has 0 bridgehead atoms. The second-order valence-corrected chi connectivity index (χ2v) is 2.42. The summed E-state index contributed by atoms with van der Waals surface area (Å²) in [6.07, 6.45) is 1.35. The van der Waals surface area contributed by atoms with Crippen molar-refractivity contribution in [2.45, 2.75) is 33.3 Å². The first kappa shape index (κ1) is 9.92. The second-order valence-electron chi connectivity index (χ2n) is 2.42. The van der Waals surface area contributed by atoms with Crippen LogP contribution in [0.3, 0.4) is 0 Å². The maximum atomic E-state index is 5.21. The van der Waals surface area contributed by atoms with Gasteiger partial charge in [0.05, 0.1) is 12.7 Å². The summed E-state index contributed by atoms with van der Waals surface area (Å²) in [6.45, 7) is 9.20. The van der Waals surface area contributed by atoms with E-state index in [1.54, 1.807) is 6.61 Å². The molecular formula is C8H17O2. The van der Waals surface area contributed by atoms with Crippen molar-refractivity contribution < 1.29 is 9.47 Å². The normalized spacial score (nSPS) is 10.8. The lowest BCUT2D eigenvalue weighted by molar-refractivity contribution is 0.0533. The molecule has 0 fully saturated rings. The monoisotopic (exact) mass is 145 g/mol. The molecule has 61 valence electrons. The summed E-state index contributed by atoms with van der Waals surface area (Å²) >= 11 is 0. The topological polar surface area (TPSA) is 18.5 Å². The zero-order valence-electron chi connectivity index (χ0n) is 7.09. The van der Waals surface area contributed by atoms with Gasteiger partial charge in [-0.15, -0.1) is 0 Å². The first-order valence-electron chi connectivity index (χ1n) is 3.82. The summed E-state index contributed by atoms with van der Waals surface area (Å²) < 4.78 is 10.3. The van der Waals surface area contributed by atoms with Crippen LogP contribution < -0.4 is 0 Å². The average Bonchev–Trinajstić information content (AvgIpc) is 1.87. The highest BCUT2D eigenvalue weighted by molar-refractivity contribution is 4.48. The van der Waals surface area contributed by atoms with Crippen molar-refractivity contribution in [2.75, 3.05) is 13.2 Å². The Hall–Kier alpha value is -0.0800. The van der Waals surface area contributed by atoms with Crippen LogP contribution in [0.25, 0.3) is 0 Å². The van der Waals surface area contributed by atoms with E-state index in [-0.39, 0.29) is 0 Å². The fraction of sp³-hybridized carbons (Fsp3) is 0.875. The van der Waals surface area contributed by atoms with E-state index in [4.69, 9.17) is 9.47 Å². The molecule has 0 aliphatic rings. The molecule has 0 aliphatic carbocycles. The highest BCUT2D eigenvalue weighted by atomic mass is 16.5. The van der Waals surface area contributed by atoms with Crippen molar-refractivity contribution in [2.24, 2.45) is 0 Å². The standard InChI is InChI=1S/C8H17O2/c1-4-5-9-6-7-10-8(2)3/h6,8H,4-5,7H2,1-3H3. The molecule has 0 rings (SSSR count). The Labute approximate surface area is 63.5 Å². The first-order valence-corrected chi connectivity index (χ1v) is 3.82. The van der Waals surface area contributed by atoms with Gasteiger partial charge in [-0.1, -0.05) is 6.92 Å². The number of rotatable bonds is 6. The number of ether oxygens (including phenoxy) is 2. The van der Waals surface area contributed by atoms with E-state index >= 15 is 0 Å². The summed E-state index contributed by atoms with van der Waals surface area (Å²) in [7, 11) is 0. The zero-order chi connectivity index (χ0) is 7.82. The lowest BCUT2D eigenvalue weighted by Gasteiger charge is -2.06. The summed E-state index contributed by atoms with van der Waals surface area (Å²) in [5.41, 5.74) is 0. The average molecular weight is 145 g/mol. The van der Waals surface area contributed by atoms with Crippen LogP contribution in [0.2, 0.25) is 0 Å². The van der Waals surface area contributed by atoms with Crippen LogP contribution in [0.1, 0.15) is 27.2 Å². The molecule has 0 aromatic carbocycles. The Morgan fingerprint density at radius 1 is 1.40 bits per heavy atom. The SMILES string of the molecule is CCCO[CH]COC(C)C. The molecule has 0 aromatic rings. The van der Waals surface area contributed by atoms with Gasteiger partial charge in [-0.2, -0.15) is 0 Å². The Morgan fingerprint density at radius 3 is 2.60 bits per heavy atom. The van der Waals surface area contributed by atoms with Crippen LogP contribution in [-0.2, 0) is 9.47 Å². The van der Waals surface area contributed by atoms with Gasteiger partial charge in [-0.3, -0.25) is 0 Å². The molecular weight excluding hydrogens is 128 g/mol. The Bertz CT molecular complexity index is 62.3. The smallest absolute Gasteiger partial charge is 0.109 e. The van der Waals surface area contributed by atoms with E-state index in [9.17, 15) is 0 Å². The molecule has 1 radical (unpaired) electrons. The van der Waals surface area contributed by atoms with Crippen LogP contribution in [0.5, 0.6) is 0 Å². The lowest BCUT2D eigenvalue weighted by Crippen LogP contribution is -2.05. The molecule has 2 heteroatoms. The van der Waals surface area contributed by atoms with Crippen molar-refractivity contribution in [1.29, 1.82) is 0 Å². The largest absolute Gasteiger partial charge is 0.376 e. The van der Waals surface area contributed by atoms with Crippen molar-refractivity contribution in [3.8, 4) is 0 Å². The van der Waals surface area contributed by atoms with E-state index in [0.29, 0.717) is 12.7 Å². The first-order chi connectivity index (χ1) is 4.77. The molecule has 0 N–H and O–H groups in total. The van der Waals surface area contributed by atoms with Crippen molar-refractivity contribution in [3.63, 3.8) is 0 Å². The van der Waals surface area contributed by atoms with Gasteiger partial charge in [0.2, 0.25) is 0 Å². The quantitative estimate of drug-likeness (QED) is 0.532. The Balaban J connectivity index is 2.77. The molecule has 2 nitrogen and oxygen atoms in total. The van der Waals surface area contributed by atoms with Crippen LogP contribution >= 0.6 is 0 Å². The van der Waals surface area contributed by atoms with Crippen molar-refractivity contribution in [1.82, 2.24) is 0 Å². The summed E-state index contributed by atoms with van der Waals surface area (Å²) in [5.74, 6) is 0. The van der Waals surface area contributed by atoms with Crippen LogP contribution in [0.4, 0.5) is 0 Å². The highest BCUT2D eigenvalue weighted by Crippen LogP contribution is 1.91. The van der Waals surface area contributed by atoms with E-state index in [0.717, 1.165) is 13.0 Å². The molecule has 0 atom stereocenters. The number of hydrogen-bond acceptors (Lipinski definition) is 2. The highest BCUT2D eigenvalue weighted by Gasteiger charge is 1.92. The minimum atomic E-state index is 0.293. The maximum Gasteiger partial charge on any atom is 0.109 e. The molecule has 10 heavy (non-hydrogen) atoms. The minimum absolute atomic E-state index is 0.293. The van der Waals surface area contributed by atoms with Crippen molar-refractivity contribution >= 4 is 0 Å². The van der Waals surface area contributed by atoms with Gasteiger partial charge in [-0.05, 0) is 20.3 Å². The lowest BCUT2D eigenvalue weighted by atomic mass is 10.5. The van der Waals surface area contributed by atoms with E-state index < -0.39 is 0 Å². The summed E-state index contributed by atoms with van der Waals surface area (Å²) in [6, 6.07) is 0. The molecule has 0 aromatic heterocycles. The zero-order valence-corrected chi connectivity index (χ0v) is 7.09. The fourth-order valence-electron chi connectivity index (χ4n) is 0.481. The molecule has 0 saturated carbocycles. The summed E-state index contributed by atoms with van der Waals surface area (Å²) in [4.78, 5) is 0. The van der Waals surface area contributed by atoms with E-state index in [1.807, 2.05) is 13.8 Å². The molecule has 0 unspecified atom stereocenters.